The van der Waals surface area contributed by atoms with Crippen molar-refractivity contribution >= 4 is 35.5 Å². The first-order valence-electron chi connectivity index (χ1n) is 7.09. The van der Waals surface area contributed by atoms with Crippen molar-refractivity contribution in [3.05, 3.63) is 59.7 Å². The predicted octanol–water partition coefficient (Wildman–Crippen LogP) is 3.77. The molecule has 0 saturated heterocycles. The Morgan fingerprint density at radius 3 is 2.00 bits per heavy atom. The lowest BCUT2D eigenvalue weighted by Crippen LogP contribution is -2.11. The van der Waals surface area contributed by atoms with Crippen molar-refractivity contribution in [1.82, 2.24) is 0 Å². The molecule has 0 amide bonds. The predicted molar refractivity (Wildman–Crippen MR) is 91.6 cm³/mol. The lowest BCUT2D eigenvalue weighted by molar-refractivity contribution is -0.140. The summed E-state index contributed by atoms with van der Waals surface area (Å²) in [6.45, 7) is 2.71. The second kappa shape index (κ2) is 8.21. The van der Waals surface area contributed by atoms with Gasteiger partial charge >= 0.3 is 5.97 Å². The summed E-state index contributed by atoms with van der Waals surface area (Å²) in [5, 5.41) is 3.49. The third kappa shape index (κ3) is 4.89. The molecule has 6 heteroatoms. The van der Waals surface area contributed by atoms with E-state index in [4.69, 9.17) is 0 Å². The van der Waals surface area contributed by atoms with E-state index in [-0.39, 0.29) is 11.5 Å². The van der Waals surface area contributed by atoms with Gasteiger partial charge in [-0.05, 0) is 43.3 Å². The molecule has 0 fully saturated rings. The summed E-state index contributed by atoms with van der Waals surface area (Å²) < 4.78 is 0. The molecule has 5 nitrogen and oxygen atoms in total. The first-order chi connectivity index (χ1) is 11.5. The Balaban J connectivity index is 2.06. The third-order valence-electron chi connectivity index (χ3n) is 3.01. The van der Waals surface area contributed by atoms with Gasteiger partial charge in [-0.15, -0.1) is 0 Å². The van der Waals surface area contributed by atoms with Crippen molar-refractivity contribution in [2.45, 2.75) is 23.6 Å². The highest BCUT2D eigenvalue weighted by molar-refractivity contribution is 7.99. The van der Waals surface area contributed by atoms with Crippen LogP contribution in [0.15, 0.2) is 63.5 Å². The van der Waals surface area contributed by atoms with E-state index in [2.05, 4.69) is 9.99 Å². The number of carbonyl (C=O) groups excluding carboxylic acids is 3. The number of ketones is 1. The number of Topliss-reactive ketones (excluding diaryl/α,β-unsaturated/α-hetero) is 1. The van der Waals surface area contributed by atoms with Gasteiger partial charge in [0.15, 0.2) is 0 Å². The Kier molecular flexibility index (Phi) is 6.03. The van der Waals surface area contributed by atoms with Gasteiger partial charge in [-0.3, -0.25) is 9.59 Å². The minimum Gasteiger partial charge on any atom is -0.318 e. The van der Waals surface area contributed by atoms with Gasteiger partial charge in [0.2, 0.25) is 5.78 Å². The molecule has 2 aromatic carbocycles. The molecule has 0 N–H and O–H groups in total. The fourth-order valence-corrected chi connectivity index (χ4v) is 2.62. The largest absolute Gasteiger partial charge is 0.331 e. The zero-order valence-corrected chi connectivity index (χ0v) is 14.0. The molecule has 24 heavy (non-hydrogen) atoms. The number of hydrogen-bond donors (Lipinski definition) is 0. The molecule has 0 aliphatic rings. The van der Waals surface area contributed by atoms with Gasteiger partial charge in [-0.1, -0.05) is 29.1 Å². The molecule has 122 valence electrons. The Labute approximate surface area is 143 Å². The smallest absolute Gasteiger partial charge is 0.318 e. The quantitative estimate of drug-likeness (QED) is 0.263. The maximum absolute atomic E-state index is 12.1. The van der Waals surface area contributed by atoms with Crippen molar-refractivity contribution in [3.63, 3.8) is 0 Å². The lowest BCUT2D eigenvalue weighted by atomic mass is 10.1. The van der Waals surface area contributed by atoms with Crippen LogP contribution >= 0.6 is 11.8 Å². The summed E-state index contributed by atoms with van der Waals surface area (Å²) in [4.78, 5) is 39.9. The minimum absolute atomic E-state index is 0.107. The van der Waals surface area contributed by atoms with Crippen molar-refractivity contribution in [3.8, 4) is 0 Å². The minimum atomic E-state index is -0.575. The van der Waals surface area contributed by atoms with E-state index in [0.29, 0.717) is 11.1 Å². The molecular weight excluding hydrogens is 326 g/mol. The van der Waals surface area contributed by atoms with Gasteiger partial charge in [0.1, 0.15) is 12.0 Å². The Morgan fingerprint density at radius 2 is 1.50 bits per heavy atom. The van der Waals surface area contributed by atoms with E-state index in [1.807, 2.05) is 24.3 Å². The highest BCUT2D eigenvalue weighted by Crippen LogP contribution is 2.27. The van der Waals surface area contributed by atoms with Crippen molar-refractivity contribution in [2.24, 2.45) is 5.16 Å². The number of oxime groups is 1. The SMILES string of the molecule is CC(=O)O/N=C(\C)C(=O)c1ccc(Sc2ccc(C=O)cc2)cc1. The maximum atomic E-state index is 12.1. The lowest BCUT2D eigenvalue weighted by Gasteiger charge is -2.04. The number of nitrogens with zero attached hydrogens (tertiary/aromatic N) is 1. The molecule has 2 rings (SSSR count). The molecule has 0 atom stereocenters. The van der Waals surface area contributed by atoms with Crippen LogP contribution in [0.2, 0.25) is 0 Å². The monoisotopic (exact) mass is 341 g/mol. The van der Waals surface area contributed by atoms with Crippen LogP contribution in [0, 0.1) is 0 Å². The van der Waals surface area contributed by atoms with Crippen molar-refractivity contribution in [2.75, 3.05) is 0 Å². The van der Waals surface area contributed by atoms with Gasteiger partial charge in [0, 0.05) is 27.8 Å². The van der Waals surface area contributed by atoms with E-state index in [0.717, 1.165) is 16.1 Å². The van der Waals surface area contributed by atoms with Crippen molar-refractivity contribution in [1.29, 1.82) is 0 Å². The molecule has 0 bridgehead atoms. The summed E-state index contributed by atoms with van der Waals surface area (Å²) in [6.07, 6.45) is 0.800. The Morgan fingerprint density at radius 1 is 0.958 bits per heavy atom. The first kappa shape index (κ1) is 17.6. The zero-order valence-electron chi connectivity index (χ0n) is 13.2. The normalized spacial score (nSPS) is 11.0. The molecule has 0 radical (unpaired) electrons. The molecule has 0 heterocycles. The molecule has 0 unspecified atom stereocenters. The number of benzene rings is 2. The van der Waals surface area contributed by atoms with Gasteiger partial charge in [0.25, 0.3) is 0 Å². The Hall–Kier alpha value is -2.73. The number of aldehydes is 1. The standard InChI is InChI=1S/C18H15NO4S/c1-12(19-23-13(2)21)18(22)15-5-9-17(10-6-15)24-16-7-3-14(11-20)4-8-16/h3-11H,1-2H3/b19-12+. The number of hydrogen-bond acceptors (Lipinski definition) is 6. The molecule has 0 spiro atoms. The highest BCUT2D eigenvalue weighted by atomic mass is 32.2. The molecule has 2 aromatic rings. The van der Waals surface area contributed by atoms with Gasteiger partial charge < -0.3 is 4.84 Å². The van der Waals surface area contributed by atoms with E-state index in [1.165, 1.54) is 25.6 Å². The molecule has 0 aliphatic heterocycles. The van der Waals surface area contributed by atoms with Crippen LogP contribution in [0.25, 0.3) is 0 Å². The first-order valence-corrected chi connectivity index (χ1v) is 7.91. The van der Waals surface area contributed by atoms with E-state index < -0.39 is 5.97 Å². The van der Waals surface area contributed by atoms with Crippen LogP contribution in [0.3, 0.4) is 0 Å². The average Bonchev–Trinajstić information content (AvgIpc) is 2.60. The van der Waals surface area contributed by atoms with E-state index in [9.17, 15) is 14.4 Å². The van der Waals surface area contributed by atoms with Crippen LogP contribution in [0.4, 0.5) is 0 Å². The molecule has 0 aliphatic carbocycles. The Bertz CT molecular complexity index is 780. The molecular formula is C18H15NO4S. The van der Waals surface area contributed by atoms with Gasteiger partial charge in [0.05, 0.1) is 0 Å². The second-order valence-corrected chi connectivity index (χ2v) is 6.05. The molecule has 0 aromatic heterocycles. The fourth-order valence-electron chi connectivity index (χ4n) is 1.81. The average molecular weight is 341 g/mol. The summed E-state index contributed by atoms with van der Waals surface area (Å²) in [7, 11) is 0. The third-order valence-corrected chi connectivity index (χ3v) is 4.02. The van der Waals surface area contributed by atoms with E-state index in [1.54, 1.807) is 24.3 Å². The van der Waals surface area contributed by atoms with Gasteiger partial charge in [-0.2, -0.15) is 0 Å². The fraction of sp³-hybridized carbons (Fsp3) is 0.111. The van der Waals surface area contributed by atoms with Crippen LogP contribution in [-0.4, -0.2) is 23.8 Å². The zero-order chi connectivity index (χ0) is 17.5. The second-order valence-electron chi connectivity index (χ2n) is 4.90. The molecule has 0 saturated carbocycles. The topological polar surface area (TPSA) is 72.8 Å². The van der Waals surface area contributed by atoms with Crippen molar-refractivity contribution < 1.29 is 19.2 Å². The van der Waals surface area contributed by atoms with E-state index >= 15 is 0 Å². The summed E-state index contributed by atoms with van der Waals surface area (Å²) >= 11 is 1.52. The summed E-state index contributed by atoms with van der Waals surface area (Å²) in [5.41, 5.74) is 1.20. The van der Waals surface area contributed by atoms with Crippen LogP contribution in [-0.2, 0) is 9.63 Å². The number of rotatable bonds is 6. The van der Waals surface area contributed by atoms with Crippen LogP contribution in [0.5, 0.6) is 0 Å². The summed E-state index contributed by atoms with van der Waals surface area (Å²) in [6, 6.07) is 14.3. The van der Waals surface area contributed by atoms with Gasteiger partial charge in [-0.25, -0.2) is 4.79 Å². The highest BCUT2D eigenvalue weighted by Gasteiger charge is 2.11. The maximum Gasteiger partial charge on any atom is 0.331 e. The number of carbonyl (C=O) groups is 3. The van der Waals surface area contributed by atoms with Crippen LogP contribution in [0.1, 0.15) is 34.6 Å². The van der Waals surface area contributed by atoms with Crippen LogP contribution < -0.4 is 0 Å². The summed E-state index contributed by atoms with van der Waals surface area (Å²) in [5.74, 6) is -0.877.